The topological polar surface area (TPSA) is 39.1 Å². The third-order valence-electron chi connectivity index (χ3n) is 4.05. The quantitative estimate of drug-likeness (QED) is 0.888. The van der Waals surface area contributed by atoms with E-state index in [0.29, 0.717) is 18.1 Å². The van der Waals surface area contributed by atoms with Gasteiger partial charge in [0.25, 0.3) is 0 Å². The number of aromatic nitrogens is 2. The van der Waals surface area contributed by atoms with Crippen LogP contribution in [0.3, 0.4) is 0 Å². The van der Waals surface area contributed by atoms with Crippen LogP contribution in [0.2, 0.25) is 0 Å². The van der Waals surface area contributed by atoms with Gasteiger partial charge in [0.2, 0.25) is 0 Å². The third-order valence-corrected chi connectivity index (χ3v) is 4.05. The zero-order valence-corrected chi connectivity index (χ0v) is 13.0. The second-order valence-corrected chi connectivity index (χ2v) is 6.40. The minimum Gasteiger partial charge on any atom is -0.372 e. The van der Waals surface area contributed by atoms with Crippen molar-refractivity contribution in [3.8, 4) is 0 Å². The summed E-state index contributed by atoms with van der Waals surface area (Å²) < 4.78 is 8.22. The molecule has 3 rings (SSSR count). The SMILES string of the molecule is CC(C)CNCC1CCC(Cn2ncc3ccccc32)O1. The maximum absolute atomic E-state index is 6.14. The number of para-hydroxylation sites is 1. The van der Waals surface area contributed by atoms with E-state index in [1.165, 1.54) is 10.9 Å². The number of hydrogen-bond donors (Lipinski definition) is 1. The van der Waals surface area contributed by atoms with Crippen LogP contribution >= 0.6 is 0 Å². The van der Waals surface area contributed by atoms with Crippen molar-refractivity contribution in [2.45, 2.75) is 45.4 Å². The van der Waals surface area contributed by atoms with Gasteiger partial charge in [-0.3, -0.25) is 4.68 Å². The van der Waals surface area contributed by atoms with Gasteiger partial charge in [-0.05, 0) is 31.4 Å². The van der Waals surface area contributed by atoms with Crippen LogP contribution in [-0.4, -0.2) is 35.1 Å². The molecule has 4 nitrogen and oxygen atoms in total. The van der Waals surface area contributed by atoms with Crippen LogP contribution in [0.5, 0.6) is 0 Å². The summed E-state index contributed by atoms with van der Waals surface area (Å²) in [4.78, 5) is 0. The average molecular weight is 287 g/mol. The first-order valence-corrected chi connectivity index (χ1v) is 7.99. The Balaban J connectivity index is 1.53. The fourth-order valence-corrected chi connectivity index (χ4v) is 2.96. The molecule has 0 spiro atoms. The van der Waals surface area contributed by atoms with E-state index in [-0.39, 0.29) is 0 Å². The van der Waals surface area contributed by atoms with Gasteiger partial charge in [0.1, 0.15) is 0 Å². The molecule has 1 saturated heterocycles. The second kappa shape index (κ2) is 6.58. The highest BCUT2D eigenvalue weighted by atomic mass is 16.5. The van der Waals surface area contributed by atoms with Crippen molar-refractivity contribution in [3.05, 3.63) is 30.5 Å². The highest BCUT2D eigenvalue weighted by Crippen LogP contribution is 2.22. The Kier molecular flexibility index (Phi) is 4.56. The zero-order chi connectivity index (χ0) is 14.7. The van der Waals surface area contributed by atoms with E-state index in [9.17, 15) is 0 Å². The van der Waals surface area contributed by atoms with Crippen LogP contribution in [0.4, 0.5) is 0 Å². The predicted molar refractivity (Wildman–Crippen MR) is 85.3 cm³/mol. The van der Waals surface area contributed by atoms with Gasteiger partial charge >= 0.3 is 0 Å². The van der Waals surface area contributed by atoms with Gasteiger partial charge in [-0.25, -0.2) is 0 Å². The number of rotatable bonds is 6. The highest BCUT2D eigenvalue weighted by molar-refractivity contribution is 5.78. The first-order valence-electron chi connectivity index (χ1n) is 7.99. The van der Waals surface area contributed by atoms with Crippen LogP contribution < -0.4 is 5.32 Å². The molecule has 2 aromatic rings. The van der Waals surface area contributed by atoms with Gasteiger partial charge in [0.15, 0.2) is 0 Å². The van der Waals surface area contributed by atoms with E-state index in [1.807, 2.05) is 6.20 Å². The summed E-state index contributed by atoms with van der Waals surface area (Å²) in [6.07, 6.45) is 4.86. The molecule has 0 bridgehead atoms. The van der Waals surface area contributed by atoms with Crippen LogP contribution in [0.15, 0.2) is 30.5 Å². The van der Waals surface area contributed by atoms with Gasteiger partial charge in [0, 0.05) is 11.9 Å². The predicted octanol–water partition coefficient (Wildman–Crippen LogP) is 2.83. The molecular formula is C17H25N3O. The fourth-order valence-electron chi connectivity index (χ4n) is 2.96. The second-order valence-electron chi connectivity index (χ2n) is 6.40. The molecule has 0 radical (unpaired) electrons. The molecule has 1 fully saturated rings. The minimum absolute atomic E-state index is 0.291. The Morgan fingerprint density at radius 2 is 2.10 bits per heavy atom. The summed E-state index contributed by atoms with van der Waals surface area (Å²) in [5.74, 6) is 0.692. The lowest BCUT2D eigenvalue weighted by Crippen LogP contribution is -2.30. The van der Waals surface area contributed by atoms with Crippen molar-refractivity contribution in [3.63, 3.8) is 0 Å². The largest absolute Gasteiger partial charge is 0.372 e. The number of ether oxygens (including phenoxy) is 1. The van der Waals surface area contributed by atoms with E-state index in [2.05, 4.69) is 53.2 Å². The number of fused-ring (bicyclic) bond motifs is 1. The summed E-state index contributed by atoms with van der Waals surface area (Å²) >= 11 is 0. The number of hydrogen-bond acceptors (Lipinski definition) is 3. The molecule has 1 aromatic carbocycles. The number of benzene rings is 1. The van der Waals surface area contributed by atoms with Crippen LogP contribution in [-0.2, 0) is 11.3 Å². The summed E-state index contributed by atoms with van der Waals surface area (Å²) in [5, 5.41) is 9.18. The van der Waals surface area contributed by atoms with E-state index < -0.39 is 0 Å². The molecular weight excluding hydrogens is 262 g/mol. The normalized spacial score (nSPS) is 22.4. The Hall–Kier alpha value is -1.39. The summed E-state index contributed by atoms with van der Waals surface area (Å²) in [5.41, 5.74) is 1.20. The smallest absolute Gasteiger partial charge is 0.0776 e. The van der Waals surface area contributed by atoms with Gasteiger partial charge in [-0.15, -0.1) is 0 Å². The van der Waals surface area contributed by atoms with Gasteiger partial charge in [-0.2, -0.15) is 5.10 Å². The maximum Gasteiger partial charge on any atom is 0.0776 e. The molecule has 21 heavy (non-hydrogen) atoms. The van der Waals surface area contributed by atoms with Gasteiger partial charge in [0.05, 0.1) is 30.5 Å². The van der Waals surface area contributed by atoms with Crippen molar-refractivity contribution in [1.29, 1.82) is 0 Å². The van der Waals surface area contributed by atoms with Crippen molar-refractivity contribution in [2.75, 3.05) is 13.1 Å². The maximum atomic E-state index is 6.14. The van der Waals surface area contributed by atoms with Crippen molar-refractivity contribution >= 4 is 10.9 Å². The number of nitrogens with one attached hydrogen (secondary N) is 1. The lowest BCUT2D eigenvalue weighted by atomic mass is 10.2. The highest BCUT2D eigenvalue weighted by Gasteiger charge is 2.25. The third kappa shape index (κ3) is 3.63. The Morgan fingerprint density at radius 1 is 1.29 bits per heavy atom. The Labute approximate surface area is 126 Å². The van der Waals surface area contributed by atoms with Crippen molar-refractivity contribution < 1.29 is 4.74 Å². The summed E-state index contributed by atoms with van der Waals surface area (Å²) in [6.45, 7) is 7.35. The molecule has 4 heteroatoms. The van der Waals surface area contributed by atoms with Crippen molar-refractivity contribution in [1.82, 2.24) is 15.1 Å². The fraction of sp³-hybridized carbons (Fsp3) is 0.588. The average Bonchev–Trinajstić information content (AvgIpc) is 3.07. The van der Waals surface area contributed by atoms with Crippen LogP contribution in [0.1, 0.15) is 26.7 Å². The van der Waals surface area contributed by atoms with E-state index in [0.717, 1.165) is 32.5 Å². The zero-order valence-electron chi connectivity index (χ0n) is 13.0. The Morgan fingerprint density at radius 3 is 2.95 bits per heavy atom. The van der Waals surface area contributed by atoms with E-state index >= 15 is 0 Å². The lowest BCUT2D eigenvalue weighted by Gasteiger charge is -2.15. The summed E-state index contributed by atoms with van der Waals surface area (Å²) in [7, 11) is 0. The molecule has 0 aliphatic carbocycles. The van der Waals surface area contributed by atoms with E-state index in [1.54, 1.807) is 0 Å². The molecule has 2 heterocycles. The molecule has 1 aliphatic rings. The molecule has 1 N–H and O–H groups in total. The lowest BCUT2D eigenvalue weighted by molar-refractivity contribution is 0.0347. The monoisotopic (exact) mass is 287 g/mol. The number of nitrogens with zero attached hydrogens (tertiary/aromatic N) is 2. The molecule has 1 aromatic heterocycles. The van der Waals surface area contributed by atoms with Crippen molar-refractivity contribution in [2.24, 2.45) is 5.92 Å². The first kappa shape index (κ1) is 14.5. The first-order chi connectivity index (χ1) is 10.2. The Bertz CT molecular complexity index is 578. The minimum atomic E-state index is 0.291. The van der Waals surface area contributed by atoms with Crippen LogP contribution in [0.25, 0.3) is 10.9 Å². The molecule has 114 valence electrons. The van der Waals surface area contributed by atoms with Gasteiger partial charge in [-0.1, -0.05) is 32.0 Å². The molecule has 2 atom stereocenters. The summed E-state index contributed by atoms with van der Waals surface area (Å²) in [6, 6.07) is 8.34. The molecule has 2 unspecified atom stereocenters. The van der Waals surface area contributed by atoms with Crippen LogP contribution in [0, 0.1) is 5.92 Å². The molecule has 1 aliphatic heterocycles. The molecule has 0 saturated carbocycles. The van der Waals surface area contributed by atoms with E-state index in [4.69, 9.17) is 4.74 Å². The standard InChI is InChI=1S/C17H25N3O/c1-13(2)9-18-11-15-7-8-16(21-15)12-20-17-6-4-3-5-14(17)10-19-20/h3-6,10,13,15-16,18H,7-9,11-12H2,1-2H3. The van der Waals surface area contributed by atoms with Gasteiger partial charge < -0.3 is 10.1 Å². The molecule has 0 amide bonds.